The van der Waals surface area contributed by atoms with Crippen molar-refractivity contribution >= 4 is 23.8 Å². The number of esters is 1. The Balaban J connectivity index is 2.80. The van der Waals surface area contributed by atoms with Gasteiger partial charge < -0.3 is 20.5 Å². The van der Waals surface area contributed by atoms with Crippen LogP contribution in [0, 0.1) is 23.7 Å². The molecule has 4 atom stereocenters. The number of cyclic esters (lactones) is 1. The molecule has 1 rings (SSSR count). The Kier molecular flexibility index (Phi) is 6.96. The fourth-order valence-electron chi connectivity index (χ4n) is 2.69. The molecule has 25 heavy (non-hydrogen) atoms. The van der Waals surface area contributed by atoms with Crippen molar-refractivity contribution in [1.82, 2.24) is 10.6 Å². The van der Waals surface area contributed by atoms with Crippen molar-refractivity contribution in [2.75, 3.05) is 0 Å². The van der Waals surface area contributed by atoms with Crippen LogP contribution in [0.2, 0.25) is 0 Å². The topological polar surface area (TPSA) is 122 Å². The van der Waals surface area contributed by atoms with E-state index in [1.165, 1.54) is 0 Å². The van der Waals surface area contributed by atoms with E-state index in [4.69, 9.17) is 4.74 Å². The van der Waals surface area contributed by atoms with Gasteiger partial charge in [-0.05, 0) is 17.8 Å². The van der Waals surface area contributed by atoms with Crippen molar-refractivity contribution in [3.63, 3.8) is 0 Å². The van der Waals surface area contributed by atoms with Gasteiger partial charge in [0.15, 0.2) is 6.10 Å². The molecule has 1 saturated heterocycles. The van der Waals surface area contributed by atoms with Crippen LogP contribution in [0.4, 0.5) is 0 Å². The fraction of sp³-hybridized carbons (Fsp3) is 0.765. The first-order valence-corrected chi connectivity index (χ1v) is 8.51. The van der Waals surface area contributed by atoms with Gasteiger partial charge in [0.25, 0.3) is 5.91 Å². The summed E-state index contributed by atoms with van der Waals surface area (Å²) in [6.07, 6.45) is -0.915. The third-order valence-electron chi connectivity index (χ3n) is 4.30. The molecule has 142 valence electrons. The Labute approximate surface area is 147 Å². The van der Waals surface area contributed by atoms with Crippen molar-refractivity contribution < 1.29 is 29.0 Å². The van der Waals surface area contributed by atoms with Gasteiger partial charge in [-0.15, -0.1) is 0 Å². The number of rotatable bonds is 8. The molecular formula is C17H28N2O6. The number of ether oxygens (including phenoxy) is 1. The van der Waals surface area contributed by atoms with Crippen molar-refractivity contribution in [3.05, 3.63) is 0 Å². The average molecular weight is 356 g/mol. The number of hydrogen-bond donors (Lipinski definition) is 3. The summed E-state index contributed by atoms with van der Waals surface area (Å²) in [5.41, 5.74) is 0. The van der Waals surface area contributed by atoms with Crippen LogP contribution >= 0.6 is 0 Å². The van der Waals surface area contributed by atoms with Crippen LogP contribution in [-0.2, 0) is 23.9 Å². The van der Waals surface area contributed by atoms with E-state index in [1.54, 1.807) is 27.7 Å². The molecule has 2 amide bonds. The van der Waals surface area contributed by atoms with Gasteiger partial charge in [-0.3, -0.25) is 14.4 Å². The number of carbonyl (C=O) groups excluding carboxylic acids is 3. The Morgan fingerprint density at radius 2 is 1.48 bits per heavy atom. The third kappa shape index (κ3) is 4.93. The molecule has 3 N–H and O–H groups in total. The van der Waals surface area contributed by atoms with Gasteiger partial charge in [0, 0.05) is 0 Å². The van der Waals surface area contributed by atoms with Crippen molar-refractivity contribution in [2.24, 2.45) is 23.7 Å². The quantitative estimate of drug-likeness (QED) is 0.546. The van der Waals surface area contributed by atoms with Gasteiger partial charge in [0.1, 0.15) is 18.0 Å². The summed E-state index contributed by atoms with van der Waals surface area (Å²) in [5.74, 6) is -3.82. The standard InChI is InChI=1S/C17H28N2O6/c1-7(2)10-13(25-17(10)24)15(21)18-11(8(3)4)14(20)19-12(9(5)6)16(22)23/h7-13H,1-6H3,(H,18,21)(H,19,20)(H,22,23)/t10-,11+,12+,13+/m1/s1. The van der Waals surface area contributed by atoms with Crippen LogP contribution in [0.15, 0.2) is 0 Å². The molecule has 0 spiro atoms. The second-order valence-electron chi connectivity index (χ2n) is 7.43. The highest BCUT2D eigenvalue weighted by Crippen LogP contribution is 2.29. The van der Waals surface area contributed by atoms with Crippen molar-refractivity contribution in [3.8, 4) is 0 Å². The zero-order valence-corrected chi connectivity index (χ0v) is 15.5. The maximum absolute atomic E-state index is 12.5. The Bertz CT molecular complexity index is 543. The monoisotopic (exact) mass is 356 g/mol. The zero-order chi connectivity index (χ0) is 19.5. The van der Waals surface area contributed by atoms with E-state index in [0.717, 1.165) is 0 Å². The summed E-state index contributed by atoms with van der Waals surface area (Å²) in [6.45, 7) is 10.5. The van der Waals surface area contributed by atoms with Gasteiger partial charge in [-0.2, -0.15) is 0 Å². The van der Waals surface area contributed by atoms with Crippen molar-refractivity contribution in [1.29, 1.82) is 0 Å². The molecule has 0 aromatic carbocycles. The lowest BCUT2D eigenvalue weighted by molar-refractivity contribution is -0.193. The highest BCUT2D eigenvalue weighted by Gasteiger charge is 2.49. The molecule has 1 fully saturated rings. The molecule has 0 bridgehead atoms. The van der Waals surface area contributed by atoms with Crippen LogP contribution < -0.4 is 10.6 Å². The Morgan fingerprint density at radius 1 is 0.960 bits per heavy atom. The zero-order valence-electron chi connectivity index (χ0n) is 15.5. The summed E-state index contributed by atoms with van der Waals surface area (Å²) in [7, 11) is 0. The maximum Gasteiger partial charge on any atom is 0.326 e. The smallest absolute Gasteiger partial charge is 0.326 e. The van der Waals surface area contributed by atoms with Crippen LogP contribution in [0.1, 0.15) is 41.5 Å². The maximum atomic E-state index is 12.5. The highest BCUT2D eigenvalue weighted by atomic mass is 16.6. The minimum absolute atomic E-state index is 0.0549. The molecule has 0 radical (unpaired) electrons. The number of carboxylic acids is 1. The molecule has 1 aliphatic heterocycles. The largest absolute Gasteiger partial charge is 0.480 e. The van der Waals surface area contributed by atoms with Crippen molar-refractivity contribution in [2.45, 2.75) is 59.7 Å². The predicted molar refractivity (Wildman–Crippen MR) is 89.4 cm³/mol. The van der Waals surface area contributed by atoms with E-state index < -0.39 is 47.9 Å². The third-order valence-corrected chi connectivity index (χ3v) is 4.30. The van der Waals surface area contributed by atoms with E-state index >= 15 is 0 Å². The van der Waals surface area contributed by atoms with Gasteiger partial charge in [0.2, 0.25) is 5.91 Å². The van der Waals surface area contributed by atoms with E-state index in [-0.39, 0.29) is 17.8 Å². The van der Waals surface area contributed by atoms with Gasteiger partial charge in [-0.25, -0.2) is 4.79 Å². The number of hydrogen-bond acceptors (Lipinski definition) is 5. The lowest BCUT2D eigenvalue weighted by Crippen LogP contribution is -2.61. The Morgan fingerprint density at radius 3 is 1.84 bits per heavy atom. The second kappa shape index (κ2) is 8.31. The van der Waals surface area contributed by atoms with E-state index in [9.17, 15) is 24.3 Å². The lowest BCUT2D eigenvalue weighted by Gasteiger charge is -2.37. The summed E-state index contributed by atoms with van der Waals surface area (Å²) in [5, 5.41) is 14.2. The summed E-state index contributed by atoms with van der Waals surface area (Å²) >= 11 is 0. The van der Waals surface area contributed by atoms with E-state index in [1.807, 2.05) is 13.8 Å². The molecule has 0 aromatic rings. The predicted octanol–water partition coefficient (Wildman–Crippen LogP) is 0.550. The second-order valence-corrected chi connectivity index (χ2v) is 7.43. The number of amides is 2. The van der Waals surface area contributed by atoms with E-state index in [0.29, 0.717) is 0 Å². The molecule has 8 nitrogen and oxygen atoms in total. The number of nitrogens with one attached hydrogen (secondary N) is 2. The molecule has 1 aliphatic rings. The van der Waals surface area contributed by atoms with Crippen LogP contribution in [-0.4, -0.2) is 47.0 Å². The average Bonchev–Trinajstić information content (AvgIpc) is 2.45. The van der Waals surface area contributed by atoms with Gasteiger partial charge in [-0.1, -0.05) is 41.5 Å². The summed E-state index contributed by atoms with van der Waals surface area (Å²) in [4.78, 5) is 47.6. The lowest BCUT2D eigenvalue weighted by atomic mass is 9.85. The van der Waals surface area contributed by atoms with Crippen LogP contribution in [0.25, 0.3) is 0 Å². The molecule has 0 aromatic heterocycles. The first kappa shape index (κ1) is 20.9. The molecule has 8 heteroatoms. The summed E-state index contributed by atoms with van der Waals surface area (Å²) in [6, 6.07) is -1.96. The van der Waals surface area contributed by atoms with Gasteiger partial charge in [0.05, 0.1) is 0 Å². The summed E-state index contributed by atoms with van der Waals surface area (Å²) < 4.78 is 4.92. The minimum Gasteiger partial charge on any atom is -0.480 e. The number of aliphatic carboxylic acids is 1. The molecule has 1 heterocycles. The first-order valence-electron chi connectivity index (χ1n) is 8.51. The molecule has 0 saturated carbocycles. The van der Waals surface area contributed by atoms with E-state index in [2.05, 4.69) is 10.6 Å². The molecule has 0 aliphatic carbocycles. The highest BCUT2D eigenvalue weighted by molar-refractivity contribution is 5.97. The first-order chi connectivity index (χ1) is 11.5. The molecule has 0 unspecified atom stereocenters. The normalized spacial score (nSPS) is 22.2. The van der Waals surface area contributed by atoms with Crippen LogP contribution in [0.5, 0.6) is 0 Å². The number of carboxylic acid groups (broad SMARTS) is 1. The molecular weight excluding hydrogens is 328 g/mol. The van der Waals surface area contributed by atoms with Crippen LogP contribution in [0.3, 0.4) is 0 Å². The SMILES string of the molecule is CC(C)[C@H](NC(=O)[C@@H](NC(=O)[C@H]1OC(=O)[C@@H]1C(C)C)C(C)C)C(=O)O. The number of carbonyl (C=O) groups is 4. The fourth-order valence-corrected chi connectivity index (χ4v) is 2.69. The minimum atomic E-state index is -1.13. The Hall–Kier alpha value is -2.12. The van der Waals surface area contributed by atoms with Gasteiger partial charge >= 0.3 is 11.9 Å².